The minimum Gasteiger partial charge on any atom is -0.504 e. The van der Waals surface area contributed by atoms with Crippen LogP contribution < -0.4 is 18.9 Å². The predicted molar refractivity (Wildman–Crippen MR) is 125 cm³/mol. The molecule has 0 aliphatic heterocycles. The third-order valence-corrected chi connectivity index (χ3v) is 5.67. The van der Waals surface area contributed by atoms with Crippen LogP contribution in [0.4, 0.5) is 0 Å². The molecule has 176 valence electrons. The van der Waals surface area contributed by atoms with E-state index in [1.54, 1.807) is 34.5 Å². The topological polar surface area (TPSA) is 97.6 Å². The average Bonchev–Trinajstić information content (AvgIpc) is 2.85. The molecule has 0 amide bonds. The maximum Gasteiger partial charge on any atom is 0.200 e. The zero-order valence-electron chi connectivity index (χ0n) is 19.3. The van der Waals surface area contributed by atoms with Gasteiger partial charge in [0.15, 0.2) is 34.5 Å². The lowest BCUT2D eigenvalue weighted by Crippen LogP contribution is -1.99. The van der Waals surface area contributed by atoms with E-state index in [4.69, 9.17) is 18.9 Å². The Kier molecular flexibility index (Phi) is 7.77. The van der Waals surface area contributed by atoms with Crippen molar-refractivity contribution in [2.24, 2.45) is 0 Å². The van der Waals surface area contributed by atoms with Crippen LogP contribution in [-0.4, -0.2) is 43.8 Å². The van der Waals surface area contributed by atoms with Gasteiger partial charge in [-0.2, -0.15) is 0 Å². The summed E-state index contributed by atoms with van der Waals surface area (Å²) in [6.07, 6.45) is 2.15. The molecule has 0 saturated carbocycles. The molecule has 7 heteroatoms. The number of rotatable bonds is 10. The summed E-state index contributed by atoms with van der Waals surface area (Å²) in [7, 11) is 6.32. The summed E-state index contributed by atoms with van der Waals surface area (Å²) in [6.45, 7) is 0. The van der Waals surface area contributed by atoms with Crippen molar-refractivity contribution in [1.29, 1.82) is 0 Å². The molecular formula is C26H30O7. The third kappa shape index (κ3) is 5.37. The van der Waals surface area contributed by atoms with Crippen LogP contribution in [0, 0.1) is 0 Å². The van der Waals surface area contributed by atoms with E-state index in [9.17, 15) is 15.3 Å². The second kappa shape index (κ2) is 10.7. The first-order chi connectivity index (χ1) is 15.9. The first kappa shape index (κ1) is 23.9. The van der Waals surface area contributed by atoms with E-state index in [-0.39, 0.29) is 11.5 Å². The van der Waals surface area contributed by atoms with Gasteiger partial charge in [0.25, 0.3) is 0 Å². The molecule has 0 aliphatic carbocycles. The summed E-state index contributed by atoms with van der Waals surface area (Å²) in [5, 5.41) is 31.1. The fourth-order valence-corrected chi connectivity index (χ4v) is 3.77. The largest absolute Gasteiger partial charge is 0.504 e. The van der Waals surface area contributed by atoms with Crippen molar-refractivity contribution in [2.45, 2.75) is 25.7 Å². The fraction of sp³-hybridized carbons (Fsp3) is 0.308. The summed E-state index contributed by atoms with van der Waals surface area (Å²) < 4.78 is 21.2. The maximum absolute atomic E-state index is 10.4. The Balaban J connectivity index is 1.78. The second-order valence-corrected chi connectivity index (χ2v) is 7.62. The Bertz CT molecular complexity index is 1020. The lowest BCUT2D eigenvalue weighted by Gasteiger charge is -2.14. The first-order valence-electron chi connectivity index (χ1n) is 10.6. The fourth-order valence-electron chi connectivity index (χ4n) is 3.77. The molecule has 3 aromatic carbocycles. The molecule has 0 unspecified atom stereocenters. The number of phenolic OH excluding ortho intramolecular Hbond substituents is 3. The molecule has 0 spiro atoms. The number of aromatic hydroxyl groups is 3. The Labute approximate surface area is 193 Å². The lowest BCUT2D eigenvalue weighted by molar-refractivity contribution is 0.354. The molecule has 0 fully saturated rings. The Morgan fingerprint density at radius 2 is 0.879 bits per heavy atom. The molecule has 7 nitrogen and oxygen atoms in total. The van der Waals surface area contributed by atoms with Gasteiger partial charge in [0.2, 0.25) is 5.75 Å². The van der Waals surface area contributed by atoms with Gasteiger partial charge in [0.1, 0.15) is 0 Å². The Morgan fingerprint density at radius 1 is 0.485 bits per heavy atom. The molecule has 33 heavy (non-hydrogen) atoms. The summed E-state index contributed by atoms with van der Waals surface area (Å²) in [5.41, 5.74) is 3.10. The lowest BCUT2D eigenvalue weighted by atomic mass is 9.96. The SMILES string of the molecule is COc1ccc(CCc2cc(CCc3ccc(OC)c(OC)c3)c(O)c(O)c2O)cc1OC. The van der Waals surface area contributed by atoms with Crippen molar-refractivity contribution in [2.75, 3.05) is 28.4 Å². The van der Waals surface area contributed by atoms with Gasteiger partial charge in [0.05, 0.1) is 28.4 Å². The Hall–Kier alpha value is -3.74. The van der Waals surface area contributed by atoms with Crippen molar-refractivity contribution in [1.82, 2.24) is 0 Å². The van der Waals surface area contributed by atoms with E-state index in [0.717, 1.165) is 11.1 Å². The van der Waals surface area contributed by atoms with E-state index in [2.05, 4.69) is 0 Å². The highest BCUT2D eigenvalue weighted by atomic mass is 16.5. The summed E-state index contributed by atoms with van der Waals surface area (Å²) in [6, 6.07) is 13.0. The molecule has 0 bridgehead atoms. The van der Waals surface area contributed by atoms with Crippen LogP contribution in [-0.2, 0) is 25.7 Å². The molecule has 0 aromatic heterocycles. The van der Waals surface area contributed by atoms with Crippen molar-refractivity contribution in [3.8, 4) is 40.2 Å². The van der Waals surface area contributed by atoms with Crippen LogP contribution in [0.3, 0.4) is 0 Å². The van der Waals surface area contributed by atoms with E-state index in [0.29, 0.717) is 59.8 Å². The zero-order valence-corrected chi connectivity index (χ0v) is 19.3. The van der Waals surface area contributed by atoms with Crippen molar-refractivity contribution >= 4 is 0 Å². The molecule has 0 atom stereocenters. The summed E-state index contributed by atoms with van der Waals surface area (Å²) in [5.74, 6) is 1.44. The normalized spacial score (nSPS) is 10.7. The van der Waals surface area contributed by atoms with E-state index >= 15 is 0 Å². The smallest absolute Gasteiger partial charge is 0.200 e. The molecule has 3 aromatic rings. The number of benzene rings is 3. The van der Waals surface area contributed by atoms with Gasteiger partial charge in [-0.15, -0.1) is 0 Å². The van der Waals surface area contributed by atoms with Gasteiger partial charge in [0, 0.05) is 0 Å². The number of methoxy groups -OCH3 is 4. The first-order valence-corrected chi connectivity index (χ1v) is 10.6. The molecule has 3 rings (SSSR count). The van der Waals surface area contributed by atoms with Crippen LogP contribution in [0.2, 0.25) is 0 Å². The molecule has 0 aliphatic rings. The number of phenols is 3. The van der Waals surface area contributed by atoms with Crippen LogP contribution in [0.1, 0.15) is 22.3 Å². The molecule has 0 saturated heterocycles. The minimum atomic E-state index is -0.498. The number of hydrogen-bond donors (Lipinski definition) is 3. The number of ether oxygens (including phenoxy) is 4. The molecule has 0 heterocycles. The molecular weight excluding hydrogens is 424 g/mol. The van der Waals surface area contributed by atoms with Crippen molar-refractivity contribution < 1.29 is 34.3 Å². The highest BCUT2D eigenvalue weighted by Crippen LogP contribution is 2.41. The highest BCUT2D eigenvalue weighted by molar-refractivity contribution is 5.58. The van der Waals surface area contributed by atoms with Gasteiger partial charge in [-0.05, 0) is 78.3 Å². The van der Waals surface area contributed by atoms with Gasteiger partial charge < -0.3 is 34.3 Å². The Morgan fingerprint density at radius 3 is 1.24 bits per heavy atom. The second-order valence-electron chi connectivity index (χ2n) is 7.62. The predicted octanol–water partition coefficient (Wildman–Crippen LogP) is 4.41. The summed E-state index contributed by atoms with van der Waals surface area (Å²) in [4.78, 5) is 0. The van der Waals surface area contributed by atoms with Crippen LogP contribution >= 0.6 is 0 Å². The van der Waals surface area contributed by atoms with Crippen molar-refractivity contribution in [3.05, 3.63) is 64.7 Å². The van der Waals surface area contributed by atoms with E-state index < -0.39 is 5.75 Å². The van der Waals surface area contributed by atoms with E-state index in [1.807, 2.05) is 36.4 Å². The maximum atomic E-state index is 10.4. The number of hydrogen-bond acceptors (Lipinski definition) is 7. The van der Waals surface area contributed by atoms with Crippen LogP contribution in [0.5, 0.6) is 40.2 Å². The minimum absolute atomic E-state index is 0.303. The van der Waals surface area contributed by atoms with Gasteiger partial charge in [-0.3, -0.25) is 0 Å². The van der Waals surface area contributed by atoms with Crippen molar-refractivity contribution in [3.63, 3.8) is 0 Å². The standard InChI is InChI=1S/C26H30O7/c1-30-20-11-7-16(13-22(20)32-3)5-9-18-15-19(25(28)26(29)24(18)27)10-6-17-8-12-21(31-2)23(14-17)33-4/h7-8,11-15,27-29H,5-6,9-10H2,1-4H3. The molecule has 3 N–H and O–H groups in total. The molecule has 0 radical (unpaired) electrons. The van der Waals surface area contributed by atoms with Gasteiger partial charge in [-0.1, -0.05) is 12.1 Å². The number of aryl methyl sites for hydroxylation is 4. The quantitative estimate of drug-likeness (QED) is 0.391. The monoisotopic (exact) mass is 454 g/mol. The van der Waals surface area contributed by atoms with Crippen LogP contribution in [0.15, 0.2) is 42.5 Å². The van der Waals surface area contributed by atoms with Gasteiger partial charge >= 0.3 is 0 Å². The average molecular weight is 455 g/mol. The van der Waals surface area contributed by atoms with E-state index in [1.165, 1.54) is 0 Å². The van der Waals surface area contributed by atoms with Gasteiger partial charge in [-0.25, -0.2) is 0 Å². The third-order valence-electron chi connectivity index (χ3n) is 5.67. The van der Waals surface area contributed by atoms with Crippen LogP contribution in [0.25, 0.3) is 0 Å². The zero-order chi connectivity index (χ0) is 24.0. The highest BCUT2D eigenvalue weighted by Gasteiger charge is 2.17. The summed E-state index contributed by atoms with van der Waals surface area (Å²) >= 11 is 0.